The Kier molecular flexibility index (Phi) is 4.17. The second-order valence-corrected chi connectivity index (χ2v) is 7.29. The van der Waals surface area contributed by atoms with E-state index in [2.05, 4.69) is 44.8 Å². The van der Waals surface area contributed by atoms with Crippen molar-refractivity contribution in [2.45, 2.75) is 13.5 Å². The van der Waals surface area contributed by atoms with E-state index < -0.39 is 0 Å². The van der Waals surface area contributed by atoms with Crippen LogP contribution < -0.4 is 5.56 Å². The van der Waals surface area contributed by atoms with E-state index >= 15 is 0 Å². The monoisotopic (exact) mass is 441 g/mol. The van der Waals surface area contributed by atoms with Gasteiger partial charge < -0.3 is 4.98 Å². The van der Waals surface area contributed by atoms with Crippen molar-refractivity contribution in [2.75, 3.05) is 0 Å². The first-order valence-electron chi connectivity index (χ1n) is 8.01. The highest BCUT2D eigenvalue weighted by Crippen LogP contribution is 2.28. The van der Waals surface area contributed by atoms with Crippen LogP contribution in [-0.2, 0) is 6.54 Å². The minimum absolute atomic E-state index is 0.0748. The van der Waals surface area contributed by atoms with Gasteiger partial charge in [0.05, 0.1) is 17.8 Å². The average molecular weight is 441 g/mol. The quantitative estimate of drug-likeness (QED) is 0.481. The van der Waals surface area contributed by atoms with E-state index in [1.54, 1.807) is 4.68 Å². The van der Waals surface area contributed by atoms with Crippen LogP contribution in [0.1, 0.15) is 11.3 Å². The number of hydrogen-bond donors (Lipinski definition) is 1. The summed E-state index contributed by atoms with van der Waals surface area (Å²) in [6.07, 6.45) is 1.91. The number of aromatic amines is 1. The summed E-state index contributed by atoms with van der Waals surface area (Å²) in [7, 11) is 0. The molecular weight excluding hydrogens is 425 g/mol. The maximum Gasteiger partial charge on any atom is 0.275 e. The second-order valence-electron chi connectivity index (χ2n) is 6.04. The van der Waals surface area contributed by atoms with Gasteiger partial charge in [-0.15, -0.1) is 0 Å². The number of hydrogen-bond acceptors (Lipinski definition) is 2. The third-order valence-electron chi connectivity index (χ3n) is 4.21. The summed E-state index contributed by atoms with van der Waals surface area (Å²) in [4.78, 5) is 16.3. The van der Waals surface area contributed by atoms with E-state index in [4.69, 9.17) is 0 Å². The number of nitrogens with one attached hydrogen (secondary N) is 1. The summed E-state index contributed by atoms with van der Waals surface area (Å²) in [5.74, 6) is 0. The molecule has 0 amide bonds. The lowest BCUT2D eigenvalue weighted by Crippen LogP contribution is -2.25. The van der Waals surface area contributed by atoms with Gasteiger partial charge in [-0.2, -0.15) is 5.10 Å². The lowest BCUT2D eigenvalue weighted by atomic mass is 10.1. The van der Waals surface area contributed by atoms with Crippen molar-refractivity contribution in [3.8, 4) is 11.1 Å². The fourth-order valence-corrected chi connectivity index (χ4v) is 3.54. The van der Waals surface area contributed by atoms with Crippen LogP contribution in [0.4, 0.5) is 0 Å². The van der Waals surface area contributed by atoms with E-state index in [0.29, 0.717) is 12.1 Å². The summed E-state index contributed by atoms with van der Waals surface area (Å²) < 4.78 is 2.69. The maximum absolute atomic E-state index is 13.0. The van der Waals surface area contributed by atoms with Crippen LogP contribution in [0.2, 0.25) is 0 Å². The SMILES string of the molecule is Cc1cc(-c2c[nH]c3ccc(I)cc23)c(=O)n(Cc2ccccc2)n1. The van der Waals surface area contributed by atoms with E-state index in [9.17, 15) is 4.79 Å². The van der Waals surface area contributed by atoms with Gasteiger partial charge in [-0.05, 0) is 59.3 Å². The third-order valence-corrected chi connectivity index (χ3v) is 4.88. The van der Waals surface area contributed by atoms with Crippen LogP contribution in [0, 0.1) is 10.5 Å². The van der Waals surface area contributed by atoms with Gasteiger partial charge in [0, 0.05) is 26.2 Å². The number of rotatable bonds is 3. The van der Waals surface area contributed by atoms with Crippen LogP contribution >= 0.6 is 22.6 Å². The van der Waals surface area contributed by atoms with Gasteiger partial charge in [0.25, 0.3) is 5.56 Å². The molecule has 0 atom stereocenters. The summed E-state index contributed by atoms with van der Waals surface area (Å²) >= 11 is 2.29. The van der Waals surface area contributed by atoms with Crippen LogP contribution in [0.3, 0.4) is 0 Å². The minimum atomic E-state index is -0.0748. The number of aromatic nitrogens is 3. The molecule has 0 aliphatic carbocycles. The zero-order valence-corrected chi connectivity index (χ0v) is 15.8. The molecule has 0 saturated heterocycles. The van der Waals surface area contributed by atoms with Crippen LogP contribution in [0.15, 0.2) is 65.6 Å². The van der Waals surface area contributed by atoms with Gasteiger partial charge in [0.2, 0.25) is 0 Å². The van der Waals surface area contributed by atoms with Gasteiger partial charge in [0.1, 0.15) is 0 Å². The zero-order valence-electron chi connectivity index (χ0n) is 13.7. The number of benzene rings is 2. The molecule has 5 heteroatoms. The van der Waals surface area contributed by atoms with E-state index in [1.807, 2.05) is 55.6 Å². The van der Waals surface area contributed by atoms with Gasteiger partial charge >= 0.3 is 0 Å². The van der Waals surface area contributed by atoms with Crippen molar-refractivity contribution < 1.29 is 0 Å². The summed E-state index contributed by atoms with van der Waals surface area (Å²) in [6.45, 7) is 2.39. The molecule has 1 N–H and O–H groups in total. The van der Waals surface area contributed by atoms with Gasteiger partial charge in [-0.3, -0.25) is 4.79 Å². The maximum atomic E-state index is 13.0. The highest BCUT2D eigenvalue weighted by atomic mass is 127. The molecule has 25 heavy (non-hydrogen) atoms. The molecule has 4 rings (SSSR count). The van der Waals surface area contributed by atoms with Crippen molar-refractivity contribution in [2.24, 2.45) is 0 Å². The Morgan fingerprint density at radius 3 is 2.68 bits per heavy atom. The van der Waals surface area contributed by atoms with Crippen molar-refractivity contribution in [3.05, 3.63) is 86.0 Å². The molecular formula is C20H16IN3O. The molecule has 0 bridgehead atoms. The first-order chi connectivity index (χ1) is 12.1. The third kappa shape index (κ3) is 3.11. The Bertz CT molecular complexity index is 1110. The lowest BCUT2D eigenvalue weighted by molar-refractivity contribution is 0.630. The minimum Gasteiger partial charge on any atom is -0.361 e. The number of halogens is 1. The molecule has 2 aromatic carbocycles. The van der Waals surface area contributed by atoms with Crippen molar-refractivity contribution in [3.63, 3.8) is 0 Å². The number of H-pyrrole nitrogens is 1. The van der Waals surface area contributed by atoms with Crippen LogP contribution in [0.5, 0.6) is 0 Å². The van der Waals surface area contributed by atoms with Gasteiger partial charge in [-0.25, -0.2) is 4.68 Å². The largest absolute Gasteiger partial charge is 0.361 e. The molecule has 0 spiro atoms. The second kappa shape index (κ2) is 6.48. The summed E-state index contributed by atoms with van der Waals surface area (Å²) in [6, 6.07) is 18.0. The first kappa shape index (κ1) is 16.1. The molecule has 2 aromatic heterocycles. The predicted molar refractivity (Wildman–Crippen MR) is 109 cm³/mol. The van der Waals surface area contributed by atoms with Crippen LogP contribution in [-0.4, -0.2) is 14.8 Å². The molecule has 0 radical (unpaired) electrons. The van der Waals surface area contributed by atoms with Crippen molar-refractivity contribution >= 4 is 33.5 Å². The number of fused-ring (bicyclic) bond motifs is 1. The van der Waals surface area contributed by atoms with Gasteiger partial charge in [0.15, 0.2) is 0 Å². The van der Waals surface area contributed by atoms with Crippen molar-refractivity contribution in [1.82, 2.24) is 14.8 Å². The smallest absolute Gasteiger partial charge is 0.275 e. The highest BCUT2D eigenvalue weighted by Gasteiger charge is 2.13. The Balaban J connectivity index is 1.87. The van der Waals surface area contributed by atoms with Crippen LogP contribution in [0.25, 0.3) is 22.0 Å². The Morgan fingerprint density at radius 2 is 1.88 bits per heavy atom. The molecule has 4 aromatic rings. The average Bonchev–Trinajstić information content (AvgIpc) is 3.01. The standard InChI is InChI=1S/C20H16IN3O/c1-13-9-17(18-11-22-19-8-7-15(21)10-16(18)19)20(25)24(23-13)12-14-5-3-2-4-6-14/h2-11,22H,12H2,1H3. The summed E-state index contributed by atoms with van der Waals surface area (Å²) in [5.41, 5.74) is 4.43. The predicted octanol–water partition coefficient (Wildman–Crippen LogP) is 4.35. The summed E-state index contributed by atoms with van der Waals surface area (Å²) in [5, 5.41) is 5.48. The molecule has 0 fully saturated rings. The van der Waals surface area contributed by atoms with E-state index in [-0.39, 0.29) is 5.56 Å². The molecule has 124 valence electrons. The highest BCUT2D eigenvalue weighted by molar-refractivity contribution is 14.1. The molecule has 0 aliphatic heterocycles. The Hall–Kier alpha value is -2.41. The van der Waals surface area contributed by atoms with E-state index in [1.165, 1.54) is 0 Å². The Morgan fingerprint density at radius 1 is 1.08 bits per heavy atom. The molecule has 0 unspecified atom stereocenters. The fraction of sp³-hybridized carbons (Fsp3) is 0.100. The number of aryl methyl sites for hydroxylation is 1. The molecule has 2 heterocycles. The fourth-order valence-electron chi connectivity index (χ4n) is 3.05. The van der Waals surface area contributed by atoms with Gasteiger partial charge in [-0.1, -0.05) is 30.3 Å². The van der Waals surface area contributed by atoms with E-state index in [0.717, 1.165) is 31.3 Å². The zero-order chi connectivity index (χ0) is 17.4. The first-order valence-corrected chi connectivity index (χ1v) is 9.09. The lowest BCUT2D eigenvalue weighted by Gasteiger charge is -2.09. The number of nitrogens with zero attached hydrogens (tertiary/aromatic N) is 2. The normalized spacial score (nSPS) is 11.1. The topological polar surface area (TPSA) is 50.7 Å². The molecule has 0 aliphatic rings. The molecule has 4 nitrogen and oxygen atoms in total. The van der Waals surface area contributed by atoms with Crippen molar-refractivity contribution in [1.29, 1.82) is 0 Å². The molecule has 0 saturated carbocycles. The Labute approximate surface area is 158 Å².